The quantitative estimate of drug-likeness (QED) is 0.0903. The standard InChI is InChI=1S/C32H55N3O3/c1-3-4-5-6-7-8-9-10-11-12-13-14-15-16-17-20-23-35(29-36)38-28-30-21-18-19-22-31(30)32(37)34-26-24-33(2)25-27-34/h18-19,21-22,29H,3-17,20,23-28H2,1-2H3. The molecule has 0 radical (unpaired) electrons. The summed E-state index contributed by atoms with van der Waals surface area (Å²) in [6.45, 7) is 6.37. The number of rotatable bonds is 22. The summed E-state index contributed by atoms with van der Waals surface area (Å²) in [6.07, 6.45) is 22.0. The number of piperazine rings is 1. The molecule has 0 spiro atoms. The molecule has 6 nitrogen and oxygen atoms in total. The fraction of sp³-hybridized carbons (Fsp3) is 0.750. The fourth-order valence-electron chi connectivity index (χ4n) is 5.15. The van der Waals surface area contributed by atoms with E-state index in [4.69, 9.17) is 4.84 Å². The first-order chi connectivity index (χ1) is 18.7. The van der Waals surface area contributed by atoms with Crippen molar-refractivity contribution in [3.63, 3.8) is 0 Å². The van der Waals surface area contributed by atoms with E-state index in [2.05, 4.69) is 18.9 Å². The molecule has 1 aliphatic heterocycles. The van der Waals surface area contributed by atoms with Crippen molar-refractivity contribution in [3.05, 3.63) is 35.4 Å². The number of carbonyl (C=O) groups excluding carboxylic acids is 2. The van der Waals surface area contributed by atoms with Crippen LogP contribution in [0.2, 0.25) is 0 Å². The van der Waals surface area contributed by atoms with E-state index < -0.39 is 0 Å². The molecule has 1 heterocycles. The normalized spacial score (nSPS) is 14.1. The molecule has 1 fully saturated rings. The zero-order chi connectivity index (χ0) is 27.3. The Morgan fingerprint density at radius 1 is 0.789 bits per heavy atom. The number of nitrogens with zero attached hydrogens (tertiary/aromatic N) is 3. The number of amides is 2. The van der Waals surface area contributed by atoms with Gasteiger partial charge in [-0.15, -0.1) is 0 Å². The zero-order valence-electron chi connectivity index (χ0n) is 24.5. The van der Waals surface area contributed by atoms with E-state index in [1.807, 2.05) is 29.2 Å². The summed E-state index contributed by atoms with van der Waals surface area (Å²) in [5, 5.41) is 1.39. The van der Waals surface area contributed by atoms with Crippen molar-refractivity contribution in [2.45, 2.75) is 116 Å². The molecule has 38 heavy (non-hydrogen) atoms. The second-order valence-corrected chi connectivity index (χ2v) is 11.1. The van der Waals surface area contributed by atoms with Gasteiger partial charge in [0.15, 0.2) is 0 Å². The van der Waals surface area contributed by atoms with Crippen LogP contribution in [0, 0.1) is 0 Å². The average Bonchev–Trinajstić information content (AvgIpc) is 2.94. The third-order valence-corrected chi connectivity index (χ3v) is 7.77. The molecule has 1 aliphatic rings. The first-order valence-corrected chi connectivity index (χ1v) is 15.6. The summed E-state index contributed by atoms with van der Waals surface area (Å²) in [7, 11) is 2.08. The Balaban J connectivity index is 1.51. The van der Waals surface area contributed by atoms with E-state index >= 15 is 0 Å². The molecule has 1 saturated heterocycles. The van der Waals surface area contributed by atoms with Crippen molar-refractivity contribution < 1.29 is 14.4 Å². The van der Waals surface area contributed by atoms with Crippen molar-refractivity contribution >= 4 is 12.3 Å². The molecule has 2 rings (SSSR count). The predicted octanol–water partition coefficient (Wildman–Crippen LogP) is 7.23. The molecule has 1 aromatic rings. The Morgan fingerprint density at radius 3 is 1.82 bits per heavy atom. The maximum Gasteiger partial charge on any atom is 0.254 e. The van der Waals surface area contributed by atoms with E-state index in [0.29, 0.717) is 12.1 Å². The van der Waals surface area contributed by atoms with Crippen LogP contribution in [0.3, 0.4) is 0 Å². The minimum Gasteiger partial charge on any atom is -0.336 e. The molecular weight excluding hydrogens is 474 g/mol. The molecule has 0 bridgehead atoms. The highest BCUT2D eigenvalue weighted by atomic mass is 16.7. The van der Waals surface area contributed by atoms with Gasteiger partial charge in [0, 0.05) is 38.3 Å². The van der Waals surface area contributed by atoms with Gasteiger partial charge in [0.1, 0.15) is 6.61 Å². The van der Waals surface area contributed by atoms with Gasteiger partial charge < -0.3 is 9.80 Å². The van der Waals surface area contributed by atoms with Crippen LogP contribution in [0.4, 0.5) is 0 Å². The number of benzene rings is 1. The van der Waals surface area contributed by atoms with Gasteiger partial charge in [-0.1, -0.05) is 121 Å². The zero-order valence-corrected chi connectivity index (χ0v) is 24.5. The van der Waals surface area contributed by atoms with Crippen LogP contribution in [0.1, 0.15) is 126 Å². The Morgan fingerprint density at radius 2 is 1.29 bits per heavy atom. The highest BCUT2D eigenvalue weighted by Gasteiger charge is 2.22. The van der Waals surface area contributed by atoms with E-state index in [-0.39, 0.29) is 12.5 Å². The number of hydrogen-bond donors (Lipinski definition) is 0. The van der Waals surface area contributed by atoms with Gasteiger partial charge in [0.2, 0.25) is 6.41 Å². The highest BCUT2D eigenvalue weighted by molar-refractivity contribution is 5.95. The van der Waals surface area contributed by atoms with Crippen molar-refractivity contribution in [2.24, 2.45) is 0 Å². The Bertz CT molecular complexity index is 749. The molecule has 0 saturated carbocycles. The van der Waals surface area contributed by atoms with Gasteiger partial charge in [-0.05, 0) is 25.1 Å². The highest BCUT2D eigenvalue weighted by Crippen LogP contribution is 2.16. The first-order valence-electron chi connectivity index (χ1n) is 15.6. The summed E-state index contributed by atoms with van der Waals surface area (Å²) >= 11 is 0. The van der Waals surface area contributed by atoms with Gasteiger partial charge in [0.25, 0.3) is 5.91 Å². The van der Waals surface area contributed by atoms with Crippen molar-refractivity contribution in [3.8, 4) is 0 Å². The summed E-state index contributed by atoms with van der Waals surface area (Å²) in [5.41, 5.74) is 1.50. The van der Waals surface area contributed by atoms with Gasteiger partial charge >= 0.3 is 0 Å². The van der Waals surface area contributed by atoms with Crippen molar-refractivity contribution in [1.82, 2.24) is 14.9 Å². The maximum atomic E-state index is 13.0. The summed E-state index contributed by atoms with van der Waals surface area (Å²) in [4.78, 5) is 34.5. The molecule has 0 unspecified atom stereocenters. The average molecular weight is 530 g/mol. The van der Waals surface area contributed by atoms with Gasteiger partial charge in [-0.25, -0.2) is 5.06 Å². The number of likely N-dealkylation sites (N-methyl/N-ethyl adjacent to an activating group) is 1. The van der Waals surface area contributed by atoms with Crippen LogP contribution < -0.4 is 0 Å². The van der Waals surface area contributed by atoms with E-state index in [1.54, 1.807) is 0 Å². The number of unbranched alkanes of at least 4 members (excludes halogenated alkanes) is 15. The Kier molecular flexibility index (Phi) is 17.8. The molecule has 1 aromatic carbocycles. The van der Waals surface area contributed by atoms with Crippen LogP contribution in [0.15, 0.2) is 24.3 Å². The summed E-state index contributed by atoms with van der Waals surface area (Å²) in [5.74, 6) is 0.0488. The van der Waals surface area contributed by atoms with E-state index in [9.17, 15) is 9.59 Å². The summed E-state index contributed by atoms with van der Waals surface area (Å²) < 4.78 is 0. The SMILES string of the molecule is CCCCCCCCCCCCCCCCCCN(C=O)OCc1ccccc1C(=O)N1CCN(C)CC1. The second-order valence-electron chi connectivity index (χ2n) is 11.1. The molecule has 0 aromatic heterocycles. The fourth-order valence-corrected chi connectivity index (χ4v) is 5.15. The van der Waals surface area contributed by atoms with Crippen molar-refractivity contribution in [1.29, 1.82) is 0 Å². The smallest absolute Gasteiger partial charge is 0.254 e. The van der Waals surface area contributed by atoms with Gasteiger partial charge in [-0.3, -0.25) is 14.4 Å². The molecule has 216 valence electrons. The number of hydrogen-bond acceptors (Lipinski definition) is 4. The third kappa shape index (κ3) is 13.7. The van der Waals surface area contributed by atoms with E-state index in [0.717, 1.165) is 51.0 Å². The molecule has 0 aliphatic carbocycles. The lowest BCUT2D eigenvalue weighted by Gasteiger charge is -2.32. The molecule has 0 N–H and O–H groups in total. The lowest BCUT2D eigenvalue weighted by Crippen LogP contribution is -2.47. The largest absolute Gasteiger partial charge is 0.336 e. The van der Waals surface area contributed by atoms with E-state index in [1.165, 1.54) is 95.0 Å². The minimum atomic E-state index is 0.0488. The van der Waals surface area contributed by atoms with Gasteiger partial charge in [0.05, 0.1) is 0 Å². The summed E-state index contributed by atoms with van der Waals surface area (Å²) in [6, 6.07) is 7.59. The molecule has 2 amide bonds. The molecule has 0 atom stereocenters. The third-order valence-electron chi connectivity index (χ3n) is 7.77. The molecule has 6 heteroatoms. The van der Waals surface area contributed by atoms with Crippen LogP contribution in [0.5, 0.6) is 0 Å². The Hall–Kier alpha value is -1.92. The first kappa shape index (κ1) is 32.3. The van der Waals surface area contributed by atoms with Crippen LogP contribution in [-0.4, -0.2) is 67.0 Å². The maximum absolute atomic E-state index is 13.0. The van der Waals surface area contributed by atoms with Crippen LogP contribution >= 0.6 is 0 Å². The van der Waals surface area contributed by atoms with Gasteiger partial charge in [-0.2, -0.15) is 0 Å². The minimum absolute atomic E-state index is 0.0488. The second kappa shape index (κ2) is 21.0. The predicted molar refractivity (Wildman–Crippen MR) is 157 cm³/mol. The Labute approximate surface area is 233 Å². The van der Waals surface area contributed by atoms with Crippen LogP contribution in [-0.2, 0) is 16.2 Å². The van der Waals surface area contributed by atoms with Crippen molar-refractivity contribution in [2.75, 3.05) is 39.8 Å². The monoisotopic (exact) mass is 529 g/mol. The van der Waals surface area contributed by atoms with Crippen LogP contribution in [0.25, 0.3) is 0 Å². The lowest BCUT2D eigenvalue weighted by atomic mass is 10.0. The lowest BCUT2D eigenvalue weighted by molar-refractivity contribution is -0.177. The topological polar surface area (TPSA) is 53.1 Å². The number of hydroxylamine groups is 2. The molecular formula is C32H55N3O3. The number of carbonyl (C=O) groups is 2.